The Hall–Kier alpha value is -1.19. The van der Waals surface area contributed by atoms with E-state index in [9.17, 15) is 4.39 Å². The smallest absolute Gasteiger partial charge is 0.128 e. The molecule has 0 atom stereocenters. The molecule has 0 unspecified atom stereocenters. The highest BCUT2D eigenvalue weighted by Gasteiger charge is 2.15. The molecular weight excluding hydrogens is 317 g/mol. The van der Waals surface area contributed by atoms with E-state index in [0.717, 1.165) is 36.0 Å². The Morgan fingerprint density at radius 3 is 2.70 bits per heavy atom. The van der Waals surface area contributed by atoms with Gasteiger partial charge in [0.15, 0.2) is 0 Å². The van der Waals surface area contributed by atoms with Crippen molar-refractivity contribution >= 4 is 15.9 Å². The van der Waals surface area contributed by atoms with Gasteiger partial charge in [0.2, 0.25) is 0 Å². The molecule has 1 aliphatic rings. The summed E-state index contributed by atoms with van der Waals surface area (Å²) in [6.07, 6.45) is 2.25. The van der Waals surface area contributed by atoms with Crippen LogP contribution in [0.3, 0.4) is 0 Å². The molecule has 20 heavy (non-hydrogen) atoms. The van der Waals surface area contributed by atoms with Crippen LogP contribution in [0.15, 0.2) is 46.9 Å². The standard InChI is InChI=1S/C17H17BrFN/c18-16-8-7-15(17(19)10-16)12-20-9-3-6-13-4-1-2-5-14(13)11-20/h1-2,4-5,7-8,10H,3,6,9,11-12H2. The molecule has 0 N–H and O–H groups in total. The fraction of sp³-hybridized carbons (Fsp3) is 0.294. The maximum Gasteiger partial charge on any atom is 0.128 e. The van der Waals surface area contributed by atoms with E-state index < -0.39 is 0 Å². The predicted molar refractivity (Wildman–Crippen MR) is 83.0 cm³/mol. The molecule has 1 nitrogen and oxygen atoms in total. The predicted octanol–water partition coefficient (Wildman–Crippen LogP) is 4.54. The largest absolute Gasteiger partial charge is 0.295 e. The van der Waals surface area contributed by atoms with Gasteiger partial charge in [-0.05, 0) is 42.6 Å². The van der Waals surface area contributed by atoms with E-state index in [2.05, 4.69) is 45.1 Å². The van der Waals surface area contributed by atoms with Crippen molar-refractivity contribution in [3.8, 4) is 0 Å². The number of hydrogen-bond acceptors (Lipinski definition) is 1. The molecule has 104 valence electrons. The van der Waals surface area contributed by atoms with E-state index in [1.165, 1.54) is 11.1 Å². The normalized spacial score (nSPS) is 15.7. The molecule has 0 saturated carbocycles. The molecule has 2 aromatic rings. The van der Waals surface area contributed by atoms with Crippen LogP contribution in [0.4, 0.5) is 4.39 Å². The van der Waals surface area contributed by atoms with Gasteiger partial charge in [-0.3, -0.25) is 4.90 Å². The van der Waals surface area contributed by atoms with Gasteiger partial charge in [-0.15, -0.1) is 0 Å². The summed E-state index contributed by atoms with van der Waals surface area (Å²) in [7, 11) is 0. The zero-order valence-corrected chi connectivity index (χ0v) is 12.9. The molecule has 0 spiro atoms. The molecule has 3 rings (SSSR count). The van der Waals surface area contributed by atoms with Crippen molar-refractivity contribution in [1.29, 1.82) is 0 Å². The number of nitrogens with zero attached hydrogens (tertiary/aromatic N) is 1. The minimum Gasteiger partial charge on any atom is -0.295 e. The maximum absolute atomic E-state index is 13.9. The lowest BCUT2D eigenvalue weighted by molar-refractivity contribution is 0.257. The van der Waals surface area contributed by atoms with Crippen LogP contribution in [0.1, 0.15) is 23.1 Å². The lowest BCUT2D eigenvalue weighted by Crippen LogP contribution is -2.23. The molecule has 0 saturated heterocycles. The SMILES string of the molecule is Fc1cc(Br)ccc1CN1CCCc2ccccc2C1. The Morgan fingerprint density at radius 1 is 1.10 bits per heavy atom. The zero-order chi connectivity index (χ0) is 13.9. The van der Waals surface area contributed by atoms with Crippen LogP contribution in [-0.2, 0) is 19.5 Å². The minimum absolute atomic E-state index is 0.128. The van der Waals surface area contributed by atoms with Crippen molar-refractivity contribution in [2.24, 2.45) is 0 Å². The van der Waals surface area contributed by atoms with Crippen molar-refractivity contribution in [2.75, 3.05) is 6.54 Å². The van der Waals surface area contributed by atoms with E-state index in [1.807, 2.05) is 12.1 Å². The Balaban J connectivity index is 1.78. The van der Waals surface area contributed by atoms with Crippen LogP contribution in [0.25, 0.3) is 0 Å². The molecule has 0 radical (unpaired) electrons. The molecular formula is C17H17BrFN. The zero-order valence-electron chi connectivity index (χ0n) is 11.3. The summed E-state index contributed by atoms with van der Waals surface area (Å²) in [5.74, 6) is -0.128. The van der Waals surface area contributed by atoms with E-state index in [4.69, 9.17) is 0 Å². The molecule has 0 aliphatic carbocycles. The van der Waals surface area contributed by atoms with Gasteiger partial charge in [0.1, 0.15) is 5.82 Å². The first-order valence-corrected chi connectivity index (χ1v) is 7.75. The van der Waals surface area contributed by atoms with Gasteiger partial charge < -0.3 is 0 Å². The van der Waals surface area contributed by atoms with Crippen molar-refractivity contribution in [2.45, 2.75) is 25.9 Å². The second-order valence-electron chi connectivity index (χ2n) is 5.32. The third-order valence-electron chi connectivity index (χ3n) is 3.84. The molecule has 0 amide bonds. The summed E-state index contributed by atoms with van der Waals surface area (Å²) in [5.41, 5.74) is 3.58. The van der Waals surface area contributed by atoms with Gasteiger partial charge in [0.25, 0.3) is 0 Å². The summed E-state index contributed by atoms with van der Waals surface area (Å²) in [4.78, 5) is 2.33. The molecule has 0 bridgehead atoms. The Bertz CT molecular complexity index is 612. The summed E-state index contributed by atoms with van der Waals surface area (Å²) in [5, 5.41) is 0. The third-order valence-corrected chi connectivity index (χ3v) is 4.34. The highest BCUT2D eigenvalue weighted by Crippen LogP contribution is 2.22. The maximum atomic E-state index is 13.9. The summed E-state index contributed by atoms with van der Waals surface area (Å²) in [6.45, 7) is 2.60. The second-order valence-corrected chi connectivity index (χ2v) is 6.23. The monoisotopic (exact) mass is 333 g/mol. The Labute approximate surface area is 127 Å². The fourth-order valence-corrected chi connectivity index (χ4v) is 3.13. The molecule has 1 aliphatic heterocycles. The second kappa shape index (κ2) is 6.06. The van der Waals surface area contributed by atoms with Gasteiger partial charge in [-0.25, -0.2) is 4.39 Å². The first kappa shape index (κ1) is 13.8. The van der Waals surface area contributed by atoms with Crippen LogP contribution >= 0.6 is 15.9 Å². The van der Waals surface area contributed by atoms with Gasteiger partial charge in [-0.2, -0.15) is 0 Å². The fourth-order valence-electron chi connectivity index (χ4n) is 2.79. The van der Waals surface area contributed by atoms with Gasteiger partial charge in [0.05, 0.1) is 0 Å². The van der Waals surface area contributed by atoms with Gasteiger partial charge in [-0.1, -0.05) is 46.3 Å². The van der Waals surface area contributed by atoms with Crippen LogP contribution < -0.4 is 0 Å². The van der Waals surface area contributed by atoms with Crippen molar-refractivity contribution in [3.05, 3.63) is 69.4 Å². The van der Waals surface area contributed by atoms with Gasteiger partial charge >= 0.3 is 0 Å². The van der Waals surface area contributed by atoms with Crippen LogP contribution in [0.2, 0.25) is 0 Å². The van der Waals surface area contributed by atoms with Crippen LogP contribution in [-0.4, -0.2) is 11.4 Å². The topological polar surface area (TPSA) is 3.24 Å². The molecule has 0 fully saturated rings. The number of hydrogen-bond donors (Lipinski definition) is 0. The lowest BCUT2D eigenvalue weighted by Gasteiger charge is -2.21. The lowest BCUT2D eigenvalue weighted by atomic mass is 10.0. The quantitative estimate of drug-likeness (QED) is 0.780. The van der Waals surface area contributed by atoms with E-state index in [1.54, 1.807) is 6.07 Å². The average Bonchev–Trinajstić information content (AvgIpc) is 2.63. The van der Waals surface area contributed by atoms with Crippen LogP contribution in [0, 0.1) is 5.82 Å². The van der Waals surface area contributed by atoms with E-state index in [-0.39, 0.29) is 5.82 Å². The van der Waals surface area contributed by atoms with Crippen molar-refractivity contribution in [1.82, 2.24) is 4.90 Å². The molecule has 2 aromatic carbocycles. The van der Waals surface area contributed by atoms with Crippen molar-refractivity contribution in [3.63, 3.8) is 0 Å². The van der Waals surface area contributed by atoms with E-state index in [0.29, 0.717) is 6.54 Å². The molecule has 1 heterocycles. The third kappa shape index (κ3) is 3.10. The number of halogens is 2. The Kier molecular flexibility index (Phi) is 4.18. The first-order valence-electron chi connectivity index (χ1n) is 6.95. The number of fused-ring (bicyclic) bond motifs is 1. The average molecular weight is 334 g/mol. The highest BCUT2D eigenvalue weighted by atomic mass is 79.9. The Morgan fingerprint density at radius 2 is 1.90 bits per heavy atom. The molecule has 0 aromatic heterocycles. The molecule has 3 heteroatoms. The number of benzene rings is 2. The van der Waals surface area contributed by atoms with E-state index >= 15 is 0 Å². The van der Waals surface area contributed by atoms with Gasteiger partial charge in [0, 0.05) is 23.1 Å². The highest BCUT2D eigenvalue weighted by molar-refractivity contribution is 9.10. The van der Waals surface area contributed by atoms with Crippen LogP contribution in [0.5, 0.6) is 0 Å². The summed E-state index contributed by atoms with van der Waals surface area (Å²) < 4.78 is 14.7. The summed E-state index contributed by atoms with van der Waals surface area (Å²) >= 11 is 3.30. The summed E-state index contributed by atoms with van der Waals surface area (Å²) in [6, 6.07) is 13.9. The first-order chi connectivity index (χ1) is 9.72. The number of rotatable bonds is 2. The van der Waals surface area contributed by atoms with Crippen molar-refractivity contribution < 1.29 is 4.39 Å². The number of aryl methyl sites for hydroxylation is 1. The minimum atomic E-state index is -0.128.